The summed E-state index contributed by atoms with van der Waals surface area (Å²) in [5.41, 5.74) is 0.433. The van der Waals surface area contributed by atoms with E-state index >= 15 is 0 Å². The molecule has 2 aliphatic heterocycles. The molecule has 1 aromatic carbocycles. The number of nitrogens with one attached hydrogen (secondary N) is 1. The zero-order valence-electron chi connectivity index (χ0n) is 15.1. The Hall–Kier alpha value is -2.84. The number of ether oxygens (including phenoxy) is 2. The van der Waals surface area contributed by atoms with Crippen LogP contribution in [0.5, 0.6) is 0 Å². The van der Waals surface area contributed by atoms with Crippen molar-refractivity contribution >= 4 is 29.5 Å². The normalized spacial score (nSPS) is 19.3. The van der Waals surface area contributed by atoms with Gasteiger partial charge in [-0.2, -0.15) is 0 Å². The maximum absolute atomic E-state index is 14.4. The lowest BCUT2D eigenvalue weighted by molar-refractivity contribution is -0.121. The first-order chi connectivity index (χ1) is 13.0. The third-order valence-corrected chi connectivity index (χ3v) is 4.45. The third-order valence-electron chi connectivity index (χ3n) is 4.45. The number of hydrogen-bond donors (Lipinski definition) is 1. The largest absolute Gasteiger partial charge is 0.447 e. The number of cyclic esters (lactones) is 2. The van der Waals surface area contributed by atoms with Crippen molar-refractivity contribution in [2.45, 2.75) is 32.3 Å². The zero-order chi connectivity index (χ0) is 19.4. The fourth-order valence-corrected chi connectivity index (χ4v) is 2.99. The number of rotatable bonds is 7. The van der Waals surface area contributed by atoms with Crippen molar-refractivity contribution < 1.29 is 28.2 Å². The summed E-state index contributed by atoms with van der Waals surface area (Å²) in [6.07, 6.45) is 0.470. The molecule has 0 radical (unpaired) electrons. The van der Waals surface area contributed by atoms with E-state index in [-0.39, 0.29) is 37.8 Å². The van der Waals surface area contributed by atoms with Crippen LogP contribution in [0.1, 0.15) is 26.2 Å². The second kappa shape index (κ2) is 8.24. The lowest BCUT2D eigenvalue weighted by Crippen LogP contribution is -2.34. The number of halogens is 1. The maximum atomic E-state index is 14.4. The Morgan fingerprint density at radius 1 is 1.30 bits per heavy atom. The highest BCUT2D eigenvalue weighted by atomic mass is 19.1. The van der Waals surface area contributed by atoms with Gasteiger partial charge in [0.1, 0.15) is 18.5 Å². The summed E-state index contributed by atoms with van der Waals surface area (Å²) in [5, 5.41) is 2.74. The van der Waals surface area contributed by atoms with Crippen LogP contribution in [-0.4, -0.2) is 50.4 Å². The molecule has 1 N–H and O–H groups in total. The molecule has 2 aliphatic rings. The highest BCUT2D eigenvalue weighted by Crippen LogP contribution is 2.29. The molecule has 1 aromatic rings. The second-order valence-electron chi connectivity index (χ2n) is 6.43. The van der Waals surface area contributed by atoms with Gasteiger partial charge in [-0.25, -0.2) is 14.0 Å². The number of carbonyl (C=O) groups is 3. The monoisotopic (exact) mass is 379 g/mol. The molecule has 0 saturated carbocycles. The smallest absolute Gasteiger partial charge is 0.414 e. The van der Waals surface area contributed by atoms with E-state index in [1.54, 1.807) is 6.07 Å². The van der Waals surface area contributed by atoms with Crippen LogP contribution in [0.4, 0.5) is 25.4 Å². The van der Waals surface area contributed by atoms with E-state index in [9.17, 15) is 18.8 Å². The van der Waals surface area contributed by atoms with E-state index in [4.69, 9.17) is 9.47 Å². The number of nitrogens with zero attached hydrogens (tertiary/aromatic N) is 2. The van der Waals surface area contributed by atoms with E-state index in [2.05, 4.69) is 5.32 Å². The number of unbranched alkanes of at least 4 members (excludes halogenated alkanes) is 1. The quantitative estimate of drug-likeness (QED) is 0.786. The fourth-order valence-electron chi connectivity index (χ4n) is 2.99. The Labute approximate surface area is 156 Å². The van der Waals surface area contributed by atoms with Gasteiger partial charge < -0.3 is 14.8 Å². The molecule has 0 aliphatic carbocycles. The number of amides is 3. The van der Waals surface area contributed by atoms with Crippen LogP contribution >= 0.6 is 0 Å². The van der Waals surface area contributed by atoms with Gasteiger partial charge >= 0.3 is 12.2 Å². The minimum atomic E-state index is -0.629. The topological polar surface area (TPSA) is 88.2 Å². The highest BCUT2D eigenvalue weighted by molar-refractivity contribution is 5.92. The summed E-state index contributed by atoms with van der Waals surface area (Å²) in [6.45, 7) is 2.91. The second-order valence-corrected chi connectivity index (χ2v) is 6.43. The van der Waals surface area contributed by atoms with Gasteiger partial charge in [0.25, 0.3) is 0 Å². The van der Waals surface area contributed by atoms with Crippen LogP contribution in [0.2, 0.25) is 0 Å². The van der Waals surface area contributed by atoms with E-state index in [1.165, 1.54) is 21.9 Å². The van der Waals surface area contributed by atoms with Crippen LogP contribution in [0, 0.1) is 5.82 Å². The molecule has 0 aromatic heterocycles. The van der Waals surface area contributed by atoms with E-state index in [1.807, 2.05) is 6.92 Å². The minimum Gasteiger partial charge on any atom is -0.447 e. The van der Waals surface area contributed by atoms with Crippen LogP contribution in [0.3, 0.4) is 0 Å². The molecule has 2 heterocycles. The summed E-state index contributed by atoms with van der Waals surface area (Å²) in [6, 6.07) is 4.17. The molecule has 3 rings (SSSR count). The molecule has 0 bridgehead atoms. The fraction of sp³-hybridized carbons (Fsp3) is 0.500. The Bertz CT molecular complexity index is 742. The van der Waals surface area contributed by atoms with Crippen molar-refractivity contribution in [1.82, 2.24) is 5.32 Å². The molecule has 27 heavy (non-hydrogen) atoms. The summed E-state index contributed by atoms with van der Waals surface area (Å²) >= 11 is 0. The number of anilines is 2. The highest BCUT2D eigenvalue weighted by Gasteiger charge is 2.33. The van der Waals surface area contributed by atoms with Gasteiger partial charge in [-0.1, -0.05) is 13.3 Å². The number of hydrogen-bond acceptors (Lipinski definition) is 5. The summed E-state index contributed by atoms with van der Waals surface area (Å²) in [7, 11) is 0. The van der Waals surface area contributed by atoms with Crippen molar-refractivity contribution in [3.8, 4) is 0 Å². The van der Waals surface area contributed by atoms with Gasteiger partial charge in [-0.3, -0.25) is 14.6 Å². The molecule has 8 nitrogen and oxygen atoms in total. The summed E-state index contributed by atoms with van der Waals surface area (Å²) in [4.78, 5) is 37.8. The molecular formula is C18H22FN3O5. The van der Waals surface area contributed by atoms with E-state index in [0.717, 1.165) is 12.8 Å². The molecule has 9 heteroatoms. The lowest BCUT2D eigenvalue weighted by Gasteiger charge is -2.17. The van der Waals surface area contributed by atoms with Crippen LogP contribution in [-0.2, 0) is 14.3 Å². The Balaban J connectivity index is 1.61. The summed E-state index contributed by atoms with van der Waals surface area (Å²) in [5.74, 6) is -0.713. The lowest BCUT2D eigenvalue weighted by atomic mass is 10.2. The van der Waals surface area contributed by atoms with Gasteiger partial charge in [0.05, 0.1) is 31.0 Å². The predicted octanol–water partition coefficient (Wildman–Crippen LogP) is 2.41. The van der Waals surface area contributed by atoms with Gasteiger partial charge in [-0.05, 0) is 24.6 Å². The van der Waals surface area contributed by atoms with Crippen molar-refractivity contribution in [2.24, 2.45) is 0 Å². The Morgan fingerprint density at radius 3 is 2.78 bits per heavy atom. The minimum absolute atomic E-state index is 0.0840. The molecule has 1 atom stereocenters. The van der Waals surface area contributed by atoms with E-state index < -0.39 is 24.1 Å². The predicted molar refractivity (Wildman–Crippen MR) is 95.2 cm³/mol. The van der Waals surface area contributed by atoms with Crippen molar-refractivity contribution in [1.29, 1.82) is 0 Å². The van der Waals surface area contributed by atoms with Gasteiger partial charge in [-0.15, -0.1) is 0 Å². The Morgan fingerprint density at radius 2 is 2.11 bits per heavy atom. The molecule has 3 amide bonds. The first-order valence-electron chi connectivity index (χ1n) is 8.98. The van der Waals surface area contributed by atoms with Crippen molar-refractivity contribution in [2.75, 3.05) is 36.0 Å². The molecule has 146 valence electrons. The molecular weight excluding hydrogens is 357 g/mol. The molecule has 2 fully saturated rings. The SMILES string of the molecule is CCCCC(=O)NCC1CN(c2ccc(N3CCOC3=O)c(F)c2)C(=O)O1. The van der Waals surface area contributed by atoms with Crippen LogP contribution in [0.15, 0.2) is 18.2 Å². The molecule has 2 saturated heterocycles. The zero-order valence-corrected chi connectivity index (χ0v) is 15.1. The average Bonchev–Trinajstić information content (AvgIpc) is 3.23. The maximum Gasteiger partial charge on any atom is 0.414 e. The number of carbonyl (C=O) groups excluding carboxylic acids is 3. The van der Waals surface area contributed by atoms with E-state index in [0.29, 0.717) is 12.1 Å². The average molecular weight is 379 g/mol. The molecule has 0 spiro atoms. The summed E-state index contributed by atoms with van der Waals surface area (Å²) < 4.78 is 24.5. The van der Waals surface area contributed by atoms with Crippen LogP contribution < -0.4 is 15.1 Å². The molecule has 1 unspecified atom stereocenters. The standard InChI is InChI=1S/C18H22FN3O5/c1-2-3-4-16(23)20-10-13-11-22(18(25)27-13)12-5-6-15(14(19)9-12)21-7-8-26-17(21)24/h5-6,9,13H,2-4,7-8,10-11H2,1H3,(H,20,23). The first kappa shape index (κ1) is 18.9. The van der Waals surface area contributed by atoms with Crippen molar-refractivity contribution in [3.63, 3.8) is 0 Å². The van der Waals surface area contributed by atoms with Crippen molar-refractivity contribution in [3.05, 3.63) is 24.0 Å². The first-order valence-corrected chi connectivity index (χ1v) is 8.98. The van der Waals surface area contributed by atoms with Gasteiger partial charge in [0.2, 0.25) is 5.91 Å². The van der Waals surface area contributed by atoms with Crippen LogP contribution in [0.25, 0.3) is 0 Å². The van der Waals surface area contributed by atoms with Gasteiger partial charge in [0.15, 0.2) is 0 Å². The third kappa shape index (κ3) is 4.29. The number of benzene rings is 1. The van der Waals surface area contributed by atoms with Gasteiger partial charge in [0, 0.05) is 6.42 Å². The Kier molecular flexibility index (Phi) is 5.78.